The second kappa shape index (κ2) is 13.2. The number of nitrogens with zero attached hydrogens (tertiary/aromatic N) is 5. The first-order chi connectivity index (χ1) is 19.0. The van der Waals surface area contributed by atoms with E-state index in [-0.39, 0.29) is 0 Å². The monoisotopic (exact) mass is 525 g/mol. The number of hydrogen-bond acceptors (Lipinski definition) is 8. The molecule has 0 radical (unpaired) electrons. The van der Waals surface area contributed by atoms with Crippen molar-refractivity contribution < 1.29 is 19.3 Å². The molecule has 0 N–H and O–H groups in total. The number of carbonyl (C=O) groups excluding carboxylic acids is 2. The third kappa shape index (κ3) is 7.01. The molecule has 0 spiro atoms. The molecule has 0 bridgehead atoms. The van der Waals surface area contributed by atoms with Gasteiger partial charge in [0.05, 0.1) is 16.9 Å². The van der Waals surface area contributed by atoms with E-state index in [0.29, 0.717) is 17.8 Å². The topological polar surface area (TPSA) is 108 Å². The highest BCUT2D eigenvalue weighted by Gasteiger charge is 2.17. The van der Waals surface area contributed by atoms with E-state index in [1.165, 1.54) is 20.2 Å². The average Bonchev–Trinajstić information content (AvgIpc) is 3.33. The van der Waals surface area contributed by atoms with Crippen LogP contribution in [0.3, 0.4) is 0 Å². The quantitative estimate of drug-likeness (QED) is 0.103. The number of unbranched alkanes of at least 4 members (excludes halogenated alkanes) is 3. The van der Waals surface area contributed by atoms with Gasteiger partial charge in [0.25, 0.3) is 0 Å². The van der Waals surface area contributed by atoms with E-state index >= 15 is 0 Å². The number of fused-ring (bicyclic) bond motifs is 1. The van der Waals surface area contributed by atoms with E-state index in [2.05, 4.69) is 31.8 Å². The highest BCUT2D eigenvalue weighted by molar-refractivity contribution is 6.12. The highest BCUT2D eigenvalue weighted by Crippen LogP contribution is 2.27. The van der Waals surface area contributed by atoms with Crippen LogP contribution in [-0.2, 0) is 19.3 Å². The highest BCUT2D eigenvalue weighted by atomic mass is 16.7. The summed E-state index contributed by atoms with van der Waals surface area (Å²) in [7, 11) is 0. The number of oxime groups is 2. The van der Waals surface area contributed by atoms with Crippen molar-refractivity contribution in [1.29, 1.82) is 0 Å². The molecule has 0 fully saturated rings. The molecule has 2 heterocycles. The van der Waals surface area contributed by atoms with Gasteiger partial charge in [-0.1, -0.05) is 66.8 Å². The number of benzene rings is 2. The number of aromatic nitrogens is 3. The molecule has 4 aromatic rings. The molecular formula is C30H31N5O4. The molecule has 0 aliphatic carbocycles. The Bertz CT molecular complexity index is 1490. The van der Waals surface area contributed by atoms with Crippen LogP contribution in [0.2, 0.25) is 0 Å². The van der Waals surface area contributed by atoms with Crippen molar-refractivity contribution in [2.75, 3.05) is 0 Å². The smallest absolute Gasteiger partial charge is 0.318 e. The van der Waals surface area contributed by atoms with Crippen molar-refractivity contribution in [2.24, 2.45) is 10.3 Å². The SMILES string of the molecule is CCCCCC/C(=N\OC(C)=O)c1cn(-c2ccc(/C(=N/OC(C)=O)c3ccncn3)cc2)c2ccccc12. The van der Waals surface area contributed by atoms with Crippen molar-refractivity contribution in [2.45, 2.75) is 52.9 Å². The largest absolute Gasteiger partial charge is 0.332 e. The molecule has 4 rings (SSSR count). The molecule has 2 aromatic carbocycles. The van der Waals surface area contributed by atoms with Crippen LogP contribution in [0.15, 0.2) is 83.6 Å². The summed E-state index contributed by atoms with van der Waals surface area (Å²) in [5.41, 5.74) is 5.24. The van der Waals surface area contributed by atoms with Gasteiger partial charge in [-0.2, -0.15) is 0 Å². The Hall–Kier alpha value is -4.66. The Kier molecular flexibility index (Phi) is 9.29. The minimum Gasteiger partial charge on any atom is -0.318 e. The molecule has 0 saturated carbocycles. The van der Waals surface area contributed by atoms with Gasteiger partial charge in [0.15, 0.2) is 0 Å². The van der Waals surface area contributed by atoms with Gasteiger partial charge in [-0.05, 0) is 37.1 Å². The van der Waals surface area contributed by atoms with Crippen LogP contribution in [0, 0.1) is 0 Å². The zero-order valence-electron chi connectivity index (χ0n) is 22.3. The van der Waals surface area contributed by atoms with E-state index in [1.807, 2.05) is 54.7 Å². The fourth-order valence-electron chi connectivity index (χ4n) is 4.26. The molecule has 9 nitrogen and oxygen atoms in total. The predicted octanol–water partition coefficient (Wildman–Crippen LogP) is 5.97. The maximum atomic E-state index is 11.5. The summed E-state index contributed by atoms with van der Waals surface area (Å²) in [6, 6.07) is 17.5. The lowest BCUT2D eigenvalue weighted by Gasteiger charge is -2.09. The minimum absolute atomic E-state index is 0.417. The lowest BCUT2D eigenvalue weighted by atomic mass is 10.0. The van der Waals surface area contributed by atoms with Gasteiger partial charge in [-0.15, -0.1) is 0 Å². The van der Waals surface area contributed by atoms with Gasteiger partial charge in [0.2, 0.25) is 0 Å². The molecule has 0 amide bonds. The Balaban J connectivity index is 1.73. The van der Waals surface area contributed by atoms with Crippen LogP contribution in [-0.4, -0.2) is 37.9 Å². The van der Waals surface area contributed by atoms with Crippen molar-refractivity contribution in [3.63, 3.8) is 0 Å². The van der Waals surface area contributed by atoms with E-state index in [1.54, 1.807) is 12.3 Å². The Morgan fingerprint density at radius 2 is 1.64 bits per heavy atom. The standard InChI is InChI=1S/C30H31N5O4/c1-4-5-6-7-11-27(33-38-21(2)36)26-19-35(29-12-9-8-10-25(26)29)24-15-13-23(14-16-24)30(34-39-22(3)37)28-17-18-31-20-32-28/h8-10,12-20H,4-7,11H2,1-3H3/b33-27+,34-30-. The lowest BCUT2D eigenvalue weighted by molar-refractivity contribution is -0.141. The lowest BCUT2D eigenvalue weighted by Crippen LogP contribution is -2.08. The molecule has 9 heteroatoms. The number of para-hydroxylation sites is 1. The van der Waals surface area contributed by atoms with E-state index in [9.17, 15) is 9.59 Å². The third-order valence-corrected chi connectivity index (χ3v) is 6.08. The minimum atomic E-state index is -0.523. The Labute approximate surface area is 227 Å². The van der Waals surface area contributed by atoms with Gasteiger partial charge in [-0.25, -0.2) is 19.6 Å². The first-order valence-electron chi connectivity index (χ1n) is 13.0. The van der Waals surface area contributed by atoms with E-state index in [0.717, 1.165) is 59.1 Å². The summed E-state index contributed by atoms with van der Waals surface area (Å²) in [5.74, 6) is -0.972. The maximum Gasteiger partial charge on any atom is 0.332 e. The van der Waals surface area contributed by atoms with E-state index < -0.39 is 11.9 Å². The third-order valence-electron chi connectivity index (χ3n) is 6.08. The van der Waals surface area contributed by atoms with E-state index in [4.69, 9.17) is 9.68 Å². The predicted molar refractivity (Wildman–Crippen MR) is 150 cm³/mol. The summed E-state index contributed by atoms with van der Waals surface area (Å²) in [5, 5.41) is 9.29. The molecule has 0 saturated heterocycles. The van der Waals surface area contributed by atoms with Crippen LogP contribution in [0.4, 0.5) is 0 Å². The first-order valence-corrected chi connectivity index (χ1v) is 13.0. The molecule has 0 aliphatic rings. The molecule has 0 aliphatic heterocycles. The summed E-state index contributed by atoms with van der Waals surface area (Å²) in [4.78, 5) is 41.2. The zero-order chi connectivity index (χ0) is 27.6. The summed E-state index contributed by atoms with van der Waals surface area (Å²) >= 11 is 0. The first kappa shape index (κ1) is 27.4. The fraction of sp³-hybridized carbons (Fsp3) is 0.267. The van der Waals surface area contributed by atoms with Crippen molar-refractivity contribution >= 4 is 34.3 Å². The Morgan fingerprint density at radius 1 is 0.897 bits per heavy atom. The molecule has 39 heavy (non-hydrogen) atoms. The maximum absolute atomic E-state index is 11.5. The van der Waals surface area contributed by atoms with Crippen molar-refractivity contribution in [3.05, 3.63) is 90.1 Å². The summed E-state index contributed by atoms with van der Waals surface area (Å²) in [6.45, 7) is 4.82. The fourth-order valence-corrected chi connectivity index (χ4v) is 4.26. The summed E-state index contributed by atoms with van der Waals surface area (Å²) < 4.78 is 2.08. The van der Waals surface area contributed by atoms with Crippen molar-refractivity contribution in [1.82, 2.24) is 14.5 Å². The second-order valence-electron chi connectivity index (χ2n) is 9.03. The number of hydrogen-bond donors (Lipinski definition) is 0. The molecule has 200 valence electrons. The molecular weight excluding hydrogens is 494 g/mol. The van der Waals surface area contributed by atoms with Gasteiger partial charge < -0.3 is 14.2 Å². The average molecular weight is 526 g/mol. The van der Waals surface area contributed by atoms with Gasteiger partial charge in [0.1, 0.15) is 12.0 Å². The summed E-state index contributed by atoms with van der Waals surface area (Å²) in [6.07, 6.45) is 10.1. The Morgan fingerprint density at radius 3 is 2.33 bits per heavy atom. The van der Waals surface area contributed by atoms with Gasteiger partial charge in [0, 0.05) is 48.4 Å². The van der Waals surface area contributed by atoms with Crippen LogP contribution in [0.25, 0.3) is 16.6 Å². The second-order valence-corrected chi connectivity index (χ2v) is 9.03. The number of carbonyl (C=O) groups is 2. The van der Waals surface area contributed by atoms with Gasteiger partial charge >= 0.3 is 11.9 Å². The molecule has 2 aromatic heterocycles. The zero-order valence-corrected chi connectivity index (χ0v) is 22.3. The van der Waals surface area contributed by atoms with Crippen LogP contribution < -0.4 is 0 Å². The van der Waals surface area contributed by atoms with Crippen LogP contribution in [0.5, 0.6) is 0 Å². The number of rotatable bonds is 11. The van der Waals surface area contributed by atoms with Crippen LogP contribution in [0.1, 0.15) is 69.7 Å². The normalized spacial score (nSPS) is 12.0. The van der Waals surface area contributed by atoms with Crippen LogP contribution >= 0.6 is 0 Å². The molecule has 0 unspecified atom stereocenters. The molecule has 0 atom stereocenters. The van der Waals surface area contributed by atoms with Gasteiger partial charge in [-0.3, -0.25) is 0 Å². The van der Waals surface area contributed by atoms with Crippen molar-refractivity contribution in [3.8, 4) is 5.69 Å².